The highest BCUT2D eigenvalue weighted by Gasteiger charge is 2.16. The smallest absolute Gasteiger partial charge is 0.0858 e. The van der Waals surface area contributed by atoms with Crippen molar-refractivity contribution in [1.82, 2.24) is 0 Å². The minimum atomic E-state index is 0.783. The summed E-state index contributed by atoms with van der Waals surface area (Å²) >= 11 is 3.41. The maximum absolute atomic E-state index is 4.30. The van der Waals surface area contributed by atoms with Gasteiger partial charge in [0, 0.05) is 23.2 Å². The molecule has 2 aromatic carbocycles. The van der Waals surface area contributed by atoms with Gasteiger partial charge in [-0.25, -0.2) is 0 Å². The number of anilines is 1. The average Bonchev–Trinajstić information content (AvgIpc) is 2.55. The van der Waals surface area contributed by atoms with Crippen molar-refractivity contribution in [2.75, 3.05) is 18.0 Å². The summed E-state index contributed by atoms with van der Waals surface area (Å²) in [5.74, 6) is 0.783. The third kappa shape index (κ3) is 3.95. The van der Waals surface area contributed by atoms with Crippen molar-refractivity contribution in [3.05, 3.63) is 53.0 Å². The van der Waals surface area contributed by atoms with E-state index in [0.29, 0.717) is 0 Å². The number of benzene rings is 2. The molecule has 1 heterocycles. The molecule has 0 spiro atoms. The van der Waals surface area contributed by atoms with Crippen molar-refractivity contribution < 1.29 is 0 Å². The summed E-state index contributed by atoms with van der Waals surface area (Å²) in [6, 6.07) is 16.2. The summed E-state index contributed by atoms with van der Waals surface area (Å²) in [6.45, 7) is 4.64. The summed E-state index contributed by atoms with van der Waals surface area (Å²) in [4.78, 5) is 2.46. The van der Waals surface area contributed by atoms with Crippen molar-refractivity contribution in [2.24, 2.45) is 16.1 Å². The van der Waals surface area contributed by atoms with Crippen LogP contribution in [0.1, 0.15) is 19.8 Å². The second-order valence-electron chi connectivity index (χ2n) is 5.89. The van der Waals surface area contributed by atoms with Crippen LogP contribution in [0.25, 0.3) is 0 Å². The standard InChI is InChI=1S/C18H20BrN3/c1-14-3-2-12-22(13-14)18-10-8-17(9-11-18)21-20-16-6-4-15(19)5-7-16/h4-11,14H,2-3,12-13H2,1H3. The van der Waals surface area contributed by atoms with E-state index in [2.05, 4.69) is 50.1 Å². The molecule has 1 aliphatic rings. The molecule has 3 rings (SSSR count). The Kier molecular flexibility index (Phi) is 4.88. The number of halogens is 1. The molecule has 0 aromatic heterocycles. The molecule has 0 amide bonds. The maximum Gasteiger partial charge on any atom is 0.0858 e. The molecule has 1 aliphatic heterocycles. The van der Waals surface area contributed by atoms with Crippen molar-refractivity contribution in [1.29, 1.82) is 0 Å². The Morgan fingerprint density at radius 2 is 1.55 bits per heavy atom. The van der Waals surface area contributed by atoms with Gasteiger partial charge in [0.05, 0.1) is 11.4 Å². The summed E-state index contributed by atoms with van der Waals surface area (Å²) in [6.07, 6.45) is 2.63. The third-order valence-corrected chi connectivity index (χ3v) is 4.51. The van der Waals surface area contributed by atoms with E-state index in [1.54, 1.807) is 0 Å². The van der Waals surface area contributed by atoms with Gasteiger partial charge in [-0.05, 0) is 67.3 Å². The molecule has 0 saturated carbocycles. The zero-order valence-electron chi connectivity index (χ0n) is 12.7. The Bertz CT molecular complexity index is 634. The van der Waals surface area contributed by atoms with Gasteiger partial charge in [0.2, 0.25) is 0 Å². The molecule has 3 nitrogen and oxygen atoms in total. The molecular formula is C18H20BrN3. The van der Waals surface area contributed by atoms with Gasteiger partial charge >= 0.3 is 0 Å². The largest absolute Gasteiger partial charge is 0.371 e. The molecule has 0 bridgehead atoms. The number of rotatable bonds is 3. The summed E-state index contributed by atoms with van der Waals surface area (Å²) in [7, 11) is 0. The molecule has 1 atom stereocenters. The van der Waals surface area contributed by atoms with Crippen LogP contribution in [-0.2, 0) is 0 Å². The minimum absolute atomic E-state index is 0.783. The molecule has 0 N–H and O–H groups in total. The predicted octanol–water partition coefficient (Wildman–Crippen LogP) is 6.10. The highest BCUT2D eigenvalue weighted by atomic mass is 79.9. The first-order chi connectivity index (χ1) is 10.7. The van der Waals surface area contributed by atoms with Crippen molar-refractivity contribution in [3.8, 4) is 0 Å². The fourth-order valence-electron chi connectivity index (χ4n) is 2.78. The third-order valence-electron chi connectivity index (χ3n) is 3.98. The molecule has 2 aromatic rings. The van der Waals surface area contributed by atoms with E-state index in [1.165, 1.54) is 18.5 Å². The van der Waals surface area contributed by atoms with Gasteiger partial charge in [-0.15, -0.1) is 0 Å². The molecule has 4 heteroatoms. The molecular weight excluding hydrogens is 338 g/mol. The van der Waals surface area contributed by atoms with Crippen LogP contribution in [0.5, 0.6) is 0 Å². The monoisotopic (exact) mass is 357 g/mol. The van der Waals surface area contributed by atoms with Crippen LogP contribution in [0, 0.1) is 5.92 Å². The zero-order chi connectivity index (χ0) is 15.4. The van der Waals surface area contributed by atoms with Gasteiger partial charge in [-0.2, -0.15) is 10.2 Å². The number of hydrogen-bond donors (Lipinski definition) is 0. The van der Waals surface area contributed by atoms with Crippen molar-refractivity contribution in [2.45, 2.75) is 19.8 Å². The highest BCUT2D eigenvalue weighted by Crippen LogP contribution is 2.26. The van der Waals surface area contributed by atoms with E-state index in [1.807, 2.05) is 36.4 Å². The first-order valence-electron chi connectivity index (χ1n) is 7.73. The van der Waals surface area contributed by atoms with E-state index in [4.69, 9.17) is 0 Å². The van der Waals surface area contributed by atoms with E-state index in [0.717, 1.165) is 34.9 Å². The Hall–Kier alpha value is -1.68. The zero-order valence-corrected chi connectivity index (χ0v) is 14.3. The lowest BCUT2D eigenvalue weighted by Gasteiger charge is -2.32. The predicted molar refractivity (Wildman–Crippen MR) is 95.4 cm³/mol. The van der Waals surface area contributed by atoms with Crippen LogP contribution < -0.4 is 4.90 Å². The Morgan fingerprint density at radius 1 is 0.955 bits per heavy atom. The first kappa shape index (κ1) is 15.2. The second-order valence-corrected chi connectivity index (χ2v) is 6.80. The van der Waals surface area contributed by atoms with Crippen LogP contribution in [0.3, 0.4) is 0 Å². The molecule has 0 aliphatic carbocycles. The van der Waals surface area contributed by atoms with E-state index >= 15 is 0 Å². The molecule has 114 valence electrons. The number of azo groups is 1. The van der Waals surface area contributed by atoms with E-state index < -0.39 is 0 Å². The van der Waals surface area contributed by atoms with Crippen molar-refractivity contribution in [3.63, 3.8) is 0 Å². The fraction of sp³-hybridized carbons (Fsp3) is 0.333. The van der Waals surface area contributed by atoms with Crippen LogP contribution in [-0.4, -0.2) is 13.1 Å². The number of nitrogens with zero attached hydrogens (tertiary/aromatic N) is 3. The Balaban J connectivity index is 1.67. The van der Waals surface area contributed by atoms with Gasteiger partial charge < -0.3 is 4.90 Å². The molecule has 1 saturated heterocycles. The fourth-order valence-corrected chi connectivity index (χ4v) is 3.04. The van der Waals surface area contributed by atoms with Crippen LogP contribution in [0.4, 0.5) is 17.1 Å². The Labute approximate surface area is 140 Å². The molecule has 22 heavy (non-hydrogen) atoms. The lowest BCUT2D eigenvalue weighted by atomic mass is 10.00. The second kappa shape index (κ2) is 7.05. The van der Waals surface area contributed by atoms with Crippen molar-refractivity contribution >= 4 is 33.0 Å². The van der Waals surface area contributed by atoms with Crippen LogP contribution in [0.15, 0.2) is 63.2 Å². The topological polar surface area (TPSA) is 28.0 Å². The quantitative estimate of drug-likeness (QED) is 0.609. The van der Waals surface area contributed by atoms with Gasteiger partial charge in [-0.1, -0.05) is 22.9 Å². The van der Waals surface area contributed by atoms with E-state index in [-0.39, 0.29) is 0 Å². The molecule has 1 fully saturated rings. The number of piperidine rings is 1. The lowest BCUT2D eigenvalue weighted by molar-refractivity contribution is 0.447. The SMILES string of the molecule is CC1CCCN(c2ccc(N=Nc3ccc(Br)cc3)cc2)C1. The van der Waals surface area contributed by atoms with Crippen LogP contribution >= 0.6 is 15.9 Å². The Morgan fingerprint density at radius 3 is 2.14 bits per heavy atom. The van der Waals surface area contributed by atoms with Gasteiger partial charge in [-0.3, -0.25) is 0 Å². The van der Waals surface area contributed by atoms with E-state index in [9.17, 15) is 0 Å². The minimum Gasteiger partial charge on any atom is -0.371 e. The van der Waals surface area contributed by atoms with Gasteiger partial charge in [0.25, 0.3) is 0 Å². The average molecular weight is 358 g/mol. The van der Waals surface area contributed by atoms with Crippen LogP contribution in [0.2, 0.25) is 0 Å². The molecule has 0 radical (unpaired) electrons. The van der Waals surface area contributed by atoms with Gasteiger partial charge in [0.1, 0.15) is 0 Å². The molecule has 1 unspecified atom stereocenters. The lowest BCUT2D eigenvalue weighted by Crippen LogP contribution is -2.34. The normalized spacial score (nSPS) is 18.8. The van der Waals surface area contributed by atoms with Gasteiger partial charge in [0.15, 0.2) is 0 Å². The summed E-state index contributed by atoms with van der Waals surface area (Å²) in [5, 5.41) is 8.56. The first-order valence-corrected chi connectivity index (χ1v) is 8.52. The highest BCUT2D eigenvalue weighted by molar-refractivity contribution is 9.10. The summed E-state index contributed by atoms with van der Waals surface area (Å²) in [5.41, 5.74) is 3.03. The number of hydrogen-bond acceptors (Lipinski definition) is 3. The maximum atomic E-state index is 4.30. The summed E-state index contributed by atoms with van der Waals surface area (Å²) < 4.78 is 1.05.